The molecule has 2 heterocycles. The van der Waals surface area contributed by atoms with Crippen molar-refractivity contribution in [2.24, 2.45) is 5.92 Å². The van der Waals surface area contributed by atoms with E-state index in [0.29, 0.717) is 23.9 Å². The summed E-state index contributed by atoms with van der Waals surface area (Å²) in [4.78, 5) is 15.7. The maximum Gasteiger partial charge on any atom is 0.324 e. The van der Waals surface area contributed by atoms with Gasteiger partial charge in [-0.05, 0) is 5.92 Å². The Morgan fingerprint density at radius 1 is 1.30 bits per heavy atom. The summed E-state index contributed by atoms with van der Waals surface area (Å²) in [6.07, 6.45) is 3.46. The fourth-order valence-corrected chi connectivity index (χ4v) is 2.56. The molecule has 0 amide bonds. The number of aromatic nitrogens is 4. The molecule has 6 nitrogen and oxygen atoms in total. The number of aliphatic carboxylic acids is 1. The molecule has 0 saturated carbocycles. The van der Waals surface area contributed by atoms with Crippen LogP contribution in [0.1, 0.15) is 19.7 Å². The minimum Gasteiger partial charge on any atom is -0.481 e. The molecule has 1 aromatic carbocycles. The van der Waals surface area contributed by atoms with Crippen LogP contribution in [0.25, 0.3) is 16.9 Å². The van der Waals surface area contributed by atoms with Gasteiger partial charge in [0.2, 0.25) is 0 Å². The third kappa shape index (κ3) is 3.21. The highest BCUT2D eigenvalue weighted by Crippen LogP contribution is 2.15. The summed E-state index contributed by atoms with van der Waals surface area (Å²) < 4.78 is 3.59. The fourth-order valence-electron chi connectivity index (χ4n) is 2.56. The molecule has 1 N–H and O–H groups in total. The van der Waals surface area contributed by atoms with Crippen LogP contribution in [0.5, 0.6) is 0 Å². The molecular formula is C17H19N4O2+. The van der Waals surface area contributed by atoms with Gasteiger partial charge in [-0.2, -0.15) is 4.40 Å². The summed E-state index contributed by atoms with van der Waals surface area (Å²) in [6.45, 7) is 4.83. The molecule has 0 radical (unpaired) electrons. The van der Waals surface area contributed by atoms with Crippen LogP contribution in [0.15, 0.2) is 42.7 Å². The molecule has 118 valence electrons. The molecule has 2 aromatic heterocycles. The van der Waals surface area contributed by atoms with Crippen LogP contribution >= 0.6 is 0 Å². The van der Waals surface area contributed by atoms with Crippen molar-refractivity contribution in [2.45, 2.75) is 26.8 Å². The zero-order chi connectivity index (χ0) is 16.4. The third-order valence-corrected chi connectivity index (χ3v) is 3.53. The number of carboxylic acid groups (broad SMARTS) is 1. The first kappa shape index (κ1) is 15.1. The van der Waals surface area contributed by atoms with Crippen molar-refractivity contribution in [1.29, 1.82) is 0 Å². The molecule has 0 spiro atoms. The van der Waals surface area contributed by atoms with Crippen LogP contribution < -0.4 is 4.40 Å². The lowest BCUT2D eigenvalue weighted by Gasteiger charge is -2.02. The summed E-state index contributed by atoms with van der Waals surface area (Å²) in [6, 6.07) is 9.80. The van der Waals surface area contributed by atoms with Crippen molar-refractivity contribution in [3.8, 4) is 11.3 Å². The number of fused-ring (bicyclic) bond motifs is 1. The zero-order valence-electron chi connectivity index (χ0n) is 13.2. The number of hydrogen-bond acceptors (Lipinski definition) is 3. The van der Waals surface area contributed by atoms with Gasteiger partial charge in [-0.25, -0.2) is 4.98 Å². The van der Waals surface area contributed by atoms with Crippen LogP contribution in [0.2, 0.25) is 0 Å². The second-order valence-corrected chi connectivity index (χ2v) is 5.93. The monoisotopic (exact) mass is 311 g/mol. The van der Waals surface area contributed by atoms with E-state index in [4.69, 9.17) is 0 Å². The van der Waals surface area contributed by atoms with E-state index < -0.39 is 5.97 Å². The lowest BCUT2D eigenvalue weighted by molar-refractivity contribution is -0.522. The molecule has 0 bridgehead atoms. The van der Waals surface area contributed by atoms with E-state index in [9.17, 15) is 9.90 Å². The Kier molecular flexibility index (Phi) is 4.06. The van der Waals surface area contributed by atoms with E-state index in [2.05, 4.69) is 23.9 Å². The van der Waals surface area contributed by atoms with Gasteiger partial charge in [-0.3, -0.25) is 4.79 Å². The largest absolute Gasteiger partial charge is 0.481 e. The lowest BCUT2D eigenvalue weighted by Crippen LogP contribution is -2.29. The maximum atomic E-state index is 11.2. The highest BCUT2D eigenvalue weighted by atomic mass is 16.4. The molecule has 0 aliphatic carbocycles. The summed E-state index contributed by atoms with van der Waals surface area (Å²) in [7, 11) is 0. The third-order valence-electron chi connectivity index (χ3n) is 3.53. The first-order valence-corrected chi connectivity index (χ1v) is 7.59. The normalized spacial score (nSPS) is 11.3. The number of hydrogen-bond donors (Lipinski definition) is 1. The van der Waals surface area contributed by atoms with Crippen molar-refractivity contribution in [2.75, 3.05) is 0 Å². The van der Waals surface area contributed by atoms with Crippen molar-refractivity contribution >= 4 is 11.6 Å². The number of rotatable bonds is 5. The van der Waals surface area contributed by atoms with Gasteiger partial charge in [0, 0.05) is 10.7 Å². The van der Waals surface area contributed by atoms with Gasteiger partial charge >= 0.3 is 11.6 Å². The molecule has 0 aliphatic heterocycles. The quantitative estimate of drug-likeness (QED) is 0.731. The van der Waals surface area contributed by atoms with Gasteiger partial charge in [0.05, 0.1) is 6.20 Å². The molecule has 6 heteroatoms. The molecule has 0 fully saturated rings. The number of nitrogens with zero attached hydrogens (tertiary/aromatic N) is 4. The van der Waals surface area contributed by atoms with Crippen molar-refractivity contribution in [1.82, 2.24) is 14.8 Å². The predicted octanol–water partition coefficient (Wildman–Crippen LogP) is 1.97. The van der Waals surface area contributed by atoms with Gasteiger partial charge in [-0.15, -0.1) is 4.68 Å². The summed E-state index contributed by atoms with van der Waals surface area (Å²) >= 11 is 0. The summed E-state index contributed by atoms with van der Waals surface area (Å²) in [5.41, 5.74) is 2.43. The molecule has 0 unspecified atom stereocenters. The Morgan fingerprint density at radius 3 is 2.70 bits per heavy atom. The van der Waals surface area contributed by atoms with E-state index in [1.165, 1.54) is 0 Å². The Hall–Kier alpha value is -2.76. The molecule has 0 aliphatic rings. The Balaban J connectivity index is 2.14. The SMILES string of the molecule is CC(C)Cn1nc2cnc(-c3ccccc3)c[n+]2c1CC(=O)O. The fraction of sp³-hybridized carbons (Fsp3) is 0.294. The van der Waals surface area contributed by atoms with Gasteiger partial charge < -0.3 is 5.11 Å². The second kappa shape index (κ2) is 6.16. The smallest absolute Gasteiger partial charge is 0.324 e. The van der Waals surface area contributed by atoms with E-state index >= 15 is 0 Å². The van der Waals surface area contributed by atoms with Crippen LogP contribution in [0.3, 0.4) is 0 Å². The first-order chi connectivity index (χ1) is 11.0. The maximum absolute atomic E-state index is 11.2. The summed E-state index contributed by atoms with van der Waals surface area (Å²) in [5.74, 6) is 0.155. The Bertz CT molecular complexity index is 840. The Labute approximate surface area is 134 Å². The minimum atomic E-state index is -0.873. The predicted molar refractivity (Wildman–Crippen MR) is 84.8 cm³/mol. The highest BCUT2D eigenvalue weighted by Gasteiger charge is 2.24. The molecule has 0 saturated heterocycles. The van der Waals surface area contributed by atoms with E-state index in [1.54, 1.807) is 10.9 Å². The average molecular weight is 311 g/mol. The van der Waals surface area contributed by atoms with Crippen molar-refractivity contribution in [3.63, 3.8) is 0 Å². The van der Waals surface area contributed by atoms with Crippen LogP contribution in [0, 0.1) is 5.92 Å². The topological polar surface area (TPSA) is 72.1 Å². The number of benzene rings is 1. The molecule has 3 rings (SSSR count). The number of carboxylic acids is 1. The first-order valence-electron chi connectivity index (χ1n) is 7.59. The standard InChI is InChI=1S/C17H18N4O2/c1-12(2)10-21-16(8-17(22)23)20-11-14(18-9-15(20)19-21)13-6-4-3-5-7-13/h3-7,9,11-12H,8,10H2,1-2H3/p+1. The van der Waals surface area contributed by atoms with Gasteiger partial charge in [0.25, 0.3) is 5.82 Å². The second-order valence-electron chi connectivity index (χ2n) is 5.93. The zero-order valence-corrected chi connectivity index (χ0v) is 13.2. The molecule has 3 aromatic rings. The van der Waals surface area contributed by atoms with E-state index in [0.717, 1.165) is 11.3 Å². The molecule has 0 atom stereocenters. The molecule has 23 heavy (non-hydrogen) atoms. The average Bonchev–Trinajstić information content (AvgIpc) is 2.84. The van der Waals surface area contributed by atoms with E-state index in [-0.39, 0.29) is 6.42 Å². The van der Waals surface area contributed by atoms with Crippen molar-refractivity contribution < 1.29 is 14.3 Å². The van der Waals surface area contributed by atoms with Crippen LogP contribution in [-0.2, 0) is 17.8 Å². The Morgan fingerprint density at radius 2 is 2.04 bits per heavy atom. The summed E-state index contributed by atoms with van der Waals surface area (Å²) in [5, 5.41) is 13.7. The van der Waals surface area contributed by atoms with Crippen LogP contribution in [-0.4, -0.2) is 25.8 Å². The van der Waals surface area contributed by atoms with Gasteiger partial charge in [0.1, 0.15) is 24.9 Å². The minimum absolute atomic E-state index is 0.0773. The van der Waals surface area contributed by atoms with Crippen molar-refractivity contribution in [3.05, 3.63) is 48.5 Å². The van der Waals surface area contributed by atoms with Gasteiger partial charge in [-0.1, -0.05) is 44.2 Å². The lowest BCUT2D eigenvalue weighted by atomic mass is 10.2. The van der Waals surface area contributed by atoms with Crippen LogP contribution in [0.4, 0.5) is 0 Å². The van der Waals surface area contributed by atoms with E-state index in [1.807, 2.05) is 40.9 Å². The molecular weight excluding hydrogens is 292 g/mol. The van der Waals surface area contributed by atoms with Gasteiger partial charge in [0.15, 0.2) is 0 Å². The number of carbonyl (C=O) groups is 1. The highest BCUT2D eigenvalue weighted by molar-refractivity contribution is 5.68.